The molecule has 2 aliphatic carbocycles. The van der Waals surface area contributed by atoms with E-state index in [9.17, 15) is 14.7 Å². The number of benzene rings is 1. The Bertz CT molecular complexity index is 1090. The third kappa shape index (κ3) is 3.85. The van der Waals surface area contributed by atoms with Crippen molar-refractivity contribution in [3.05, 3.63) is 30.0 Å². The number of carbonyl (C=O) groups is 2. The van der Waals surface area contributed by atoms with Crippen LogP contribution in [0.3, 0.4) is 0 Å². The molecule has 2 N–H and O–H groups in total. The number of aromatic nitrogens is 2. The van der Waals surface area contributed by atoms with Gasteiger partial charge in [-0.15, -0.1) is 0 Å². The molecule has 1 amide bonds. The van der Waals surface area contributed by atoms with Crippen LogP contribution in [0.25, 0.3) is 0 Å². The van der Waals surface area contributed by atoms with E-state index in [2.05, 4.69) is 15.2 Å². The van der Waals surface area contributed by atoms with E-state index in [1.54, 1.807) is 17.2 Å². The van der Waals surface area contributed by atoms with Crippen LogP contribution in [0.5, 0.6) is 5.75 Å². The van der Waals surface area contributed by atoms with Gasteiger partial charge in [-0.2, -0.15) is 4.98 Å². The van der Waals surface area contributed by atoms with E-state index < -0.39 is 5.97 Å². The second kappa shape index (κ2) is 8.20. The Hall–Kier alpha value is -3.36. The van der Waals surface area contributed by atoms with E-state index in [0.29, 0.717) is 30.0 Å². The van der Waals surface area contributed by atoms with E-state index in [-0.39, 0.29) is 16.9 Å². The summed E-state index contributed by atoms with van der Waals surface area (Å²) in [7, 11) is 3.31. The maximum absolute atomic E-state index is 13.2. The maximum atomic E-state index is 13.2. The molecule has 2 saturated carbocycles. The monoisotopic (exact) mass is 451 g/mol. The van der Waals surface area contributed by atoms with Crippen LogP contribution >= 0.6 is 0 Å². The van der Waals surface area contributed by atoms with Gasteiger partial charge in [0.15, 0.2) is 5.82 Å². The van der Waals surface area contributed by atoms with Crippen molar-refractivity contribution in [1.29, 1.82) is 0 Å². The summed E-state index contributed by atoms with van der Waals surface area (Å²) >= 11 is 0. The Morgan fingerprint density at radius 3 is 2.67 bits per heavy atom. The minimum atomic E-state index is -1.02. The third-order valence-corrected chi connectivity index (χ3v) is 7.18. The number of hydrogen-bond acceptors (Lipinski definition) is 7. The van der Waals surface area contributed by atoms with Gasteiger partial charge in [-0.1, -0.05) is 19.3 Å². The lowest BCUT2D eigenvalue weighted by molar-refractivity contribution is -0.123. The van der Waals surface area contributed by atoms with Crippen LogP contribution in [0.15, 0.2) is 24.4 Å². The summed E-state index contributed by atoms with van der Waals surface area (Å²) in [6.07, 6.45) is 9.38. The van der Waals surface area contributed by atoms with E-state index in [4.69, 9.17) is 9.72 Å². The molecule has 0 radical (unpaired) electrons. The topological polar surface area (TPSA) is 108 Å². The predicted octanol–water partition coefficient (Wildman–Crippen LogP) is 3.82. The fourth-order valence-electron chi connectivity index (χ4n) is 5.07. The van der Waals surface area contributed by atoms with Crippen molar-refractivity contribution in [2.75, 3.05) is 35.8 Å². The van der Waals surface area contributed by atoms with E-state index in [0.717, 1.165) is 37.2 Å². The van der Waals surface area contributed by atoms with Crippen molar-refractivity contribution in [2.45, 2.75) is 51.0 Å². The first kappa shape index (κ1) is 21.5. The highest BCUT2D eigenvalue weighted by atomic mass is 16.5. The molecule has 0 saturated heterocycles. The van der Waals surface area contributed by atoms with Gasteiger partial charge in [-0.05, 0) is 43.9 Å². The fraction of sp³-hybridized carbons (Fsp3) is 0.500. The van der Waals surface area contributed by atoms with Crippen molar-refractivity contribution < 1.29 is 19.4 Å². The molecule has 0 atom stereocenters. The van der Waals surface area contributed by atoms with Gasteiger partial charge < -0.3 is 25.0 Å². The highest BCUT2D eigenvalue weighted by Gasteiger charge is 2.55. The molecule has 0 unspecified atom stereocenters. The number of carbonyl (C=O) groups excluding carboxylic acids is 1. The number of aromatic carboxylic acids is 1. The number of anilines is 4. The quantitative estimate of drug-likeness (QED) is 0.706. The van der Waals surface area contributed by atoms with E-state index in [1.165, 1.54) is 38.5 Å². The average Bonchev–Trinajstić information content (AvgIpc) is 3.63. The summed E-state index contributed by atoms with van der Waals surface area (Å²) in [6.45, 7) is 0.695. The van der Waals surface area contributed by atoms with Gasteiger partial charge in [0.25, 0.3) is 0 Å². The summed E-state index contributed by atoms with van der Waals surface area (Å²) in [5.74, 6) is 0.675. The number of hydrogen-bond donors (Lipinski definition) is 2. The minimum Gasteiger partial charge on any atom is -0.495 e. The van der Waals surface area contributed by atoms with Crippen molar-refractivity contribution in [3.8, 4) is 5.75 Å². The Balaban J connectivity index is 1.52. The zero-order valence-electron chi connectivity index (χ0n) is 19.0. The summed E-state index contributed by atoms with van der Waals surface area (Å²) in [6, 6.07) is 4.98. The van der Waals surface area contributed by atoms with Crippen LogP contribution in [0.4, 0.5) is 23.1 Å². The maximum Gasteiger partial charge on any atom is 0.335 e. The minimum absolute atomic E-state index is 0.138. The number of carboxylic acid groups (broad SMARTS) is 1. The molecule has 5 rings (SSSR count). The Morgan fingerprint density at radius 2 is 2.00 bits per heavy atom. The molecule has 1 aromatic heterocycles. The number of amides is 1. The van der Waals surface area contributed by atoms with Gasteiger partial charge in [0.05, 0.1) is 30.0 Å². The number of nitrogens with zero attached hydrogens (tertiary/aromatic N) is 4. The standard InChI is InChI=1S/C24H29N5O4/c1-28-18-13-25-23(26-17-9-8-15(21(30)31)12-19(17)33-2)27-20(18)29(16-6-4-3-5-7-16)14-24(10-11-24)22(28)32/h8-9,12-13,16H,3-7,10-11,14H2,1-2H3,(H,30,31)(H,25,26,27). The summed E-state index contributed by atoms with van der Waals surface area (Å²) in [5, 5.41) is 12.4. The predicted molar refractivity (Wildman–Crippen MR) is 125 cm³/mol. The van der Waals surface area contributed by atoms with Gasteiger partial charge in [0.2, 0.25) is 11.9 Å². The van der Waals surface area contributed by atoms with Crippen LogP contribution < -0.4 is 19.9 Å². The SMILES string of the molecule is COc1cc(C(=O)O)ccc1Nc1ncc2c(n1)N(C1CCCCC1)CC1(CC1)C(=O)N2C. The first-order chi connectivity index (χ1) is 15.9. The first-order valence-electron chi connectivity index (χ1n) is 11.5. The van der Waals surface area contributed by atoms with Crippen LogP contribution in [0.1, 0.15) is 55.3 Å². The largest absolute Gasteiger partial charge is 0.495 e. The van der Waals surface area contributed by atoms with E-state index >= 15 is 0 Å². The van der Waals surface area contributed by atoms with Crippen LogP contribution in [0.2, 0.25) is 0 Å². The molecule has 174 valence electrons. The third-order valence-electron chi connectivity index (χ3n) is 7.18. The summed E-state index contributed by atoms with van der Waals surface area (Å²) in [5.41, 5.74) is 1.13. The smallest absolute Gasteiger partial charge is 0.335 e. The van der Waals surface area contributed by atoms with Gasteiger partial charge in [-0.25, -0.2) is 9.78 Å². The number of nitrogens with one attached hydrogen (secondary N) is 1. The van der Waals surface area contributed by atoms with Gasteiger partial charge in [-0.3, -0.25) is 4.79 Å². The number of carboxylic acids is 1. The molecule has 2 heterocycles. The zero-order chi connectivity index (χ0) is 23.2. The van der Waals surface area contributed by atoms with Crippen molar-refractivity contribution in [1.82, 2.24) is 9.97 Å². The molecule has 33 heavy (non-hydrogen) atoms. The molecule has 1 aromatic carbocycles. The molecule has 3 aliphatic rings. The molecule has 2 aromatic rings. The van der Waals surface area contributed by atoms with Gasteiger partial charge in [0, 0.05) is 19.6 Å². The molecule has 9 nitrogen and oxygen atoms in total. The number of ether oxygens (including phenoxy) is 1. The number of methoxy groups -OCH3 is 1. The molecule has 1 spiro atoms. The Morgan fingerprint density at radius 1 is 1.24 bits per heavy atom. The molecule has 0 bridgehead atoms. The van der Waals surface area contributed by atoms with E-state index in [1.807, 2.05) is 7.05 Å². The highest BCUT2D eigenvalue weighted by molar-refractivity contribution is 6.02. The second-order valence-electron chi connectivity index (χ2n) is 9.31. The van der Waals surface area contributed by atoms with Crippen LogP contribution in [-0.4, -0.2) is 53.7 Å². The van der Waals surface area contributed by atoms with Crippen LogP contribution in [0, 0.1) is 5.41 Å². The number of fused-ring (bicyclic) bond motifs is 1. The zero-order valence-corrected chi connectivity index (χ0v) is 19.0. The van der Waals surface area contributed by atoms with Crippen molar-refractivity contribution in [3.63, 3.8) is 0 Å². The summed E-state index contributed by atoms with van der Waals surface area (Å²) < 4.78 is 5.38. The van der Waals surface area contributed by atoms with Crippen LogP contribution in [-0.2, 0) is 4.79 Å². The summed E-state index contributed by atoms with van der Waals surface area (Å²) in [4.78, 5) is 37.9. The molecular formula is C24H29N5O4. The first-order valence-corrected chi connectivity index (χ1v) is 11.5. The fourth-order valence-corrected chi connectivity index (χ4v) is 5.07. The van der Waals surface area contributed by atoms with Crippen molar-refractivity contribution >= 4 is 35.0 Å². The molecule has 9 heteroatoms. The Kier molecular flexibility index (Phi) is 5.34. The lowest BCUT2D eigenvalue weighted by Crippen LogP contribution is -2.43. The average molecular weight is 452 g/mol. The lowest BCUT2D eigenvalue weighted by Gasteiger charge is -2.36. The lowest BCUT2D eigenvalue weighted by atomic mass is 9.93. The normalized spacial score (nSPS) is 19.8. The van der Waals surface area contributed by atoms with Gasteiger partial charge in [0.1, 0.15) is 11.4 Å². The van der Waals surface area contributed by atoms with Crippen molar-refractivity contribution in [2.24, 2.45) is 5.41 Å². The molecule has 2 fully saturated rings. The molecular weight excluding hydrogens is 422 g/mol. The van der Waals surface area contributed by atoms with Gasteiger partial charge >= 0.3 is 5.97 Å². The molecule has 1 aliphatic heterocycles. The highest BCUT2D eigenvalue weighted by Crippen LogP contribution is 2.52. The second-order valence-corrected chi connectivity index (χ2v) is 9.31. The number of rotatable bonds is 5. The Labute approximate surface area is 192 Å².